The molecule has 1 atom stereocenters. The Morgan fingerprint density at radius 1 is 1.24 bits per heavy atom. The zero-order valence-electron chi connectivity index (χ0n) is 15.7. The molecule has 2 aromatic rings. The molecule has 0 aliphatic carbocycles. The summed E-state index contributed by atoms with van der Waals surface area (Å²) in [5.41, 5.74) is 0.109. The van der Waals surface area contributed by atoms with E-state index in [-0.39, 0.29) is 35.9 Å². The lowest BCUT2D eigenvalue weighted by Gasteiger charge is -2.21. The van der Waals surface area contributed by atoms with Gasteiger partial charge in [0.05, 0.1) is 29.9 Å². The molecule has 0 saturated carbocycles. The van der Waals surface area contributed by atoms with E-state index in [1.807, 2.05) is 0 Å². The van der Waals surface area contributed by atoms with Gasteiger partial charge in [0, 0.05) is 0 Å². The molecule has 1 aromatic heterocycles. The van der Waals surface area contributed by atoms with E-state index in [1.54, 1.807) is 25.1 Å². The number of amides is 2. The second-order valence-corrected chi connectivity index (χ2v) is 8.38. The van der Waals surface area contributed by atoms with E-state index in [4.69, 9.17) is 9.15 Å². The van der Waals surface area contributed by atoms with Gasteiger partial charge in [0.1, 0.15) is 24.1 Å². The number of nitrogens with one attached hydrogen (secondary N) is 1. The second kappa shape index (κ2) is 8.48. The summed E-state index contributed by atoms with van der Waals surface area (Å²) in [5, 5.41) is 1.17. The summed E-state index contributed by atoms with van der Waals surface area (Å²) < 4.78 is 36.4. The molecule has 0 bridgehead atoms. The minimum absolute atomic E-state index is 0.0644. The van der Waals surface area contributed by atoms with Gasteiger partial charge in [0.25, 0.3) is 0 Å². The van der Waals surface area contributed by atoms with Crippen LogP contribution < -0.4 is 10.2 Å². The van der Waals surface area contributed by atoms with Crippen LogP contribution in [-0.4, -0.2) is 45.9 Å². The quantitative estimate of drug-likeness (QED) is 0.697. The van der Waals surface area contributed by atoms with Crippen LogP contribution in [0.25, 0.3) is 0 Å². The van der Waals surface area contributed by atoms with E-state index in [2.05, 4.69) is 5.32 Å². The highest BCUT2D eigenvalue weighted by molar-refractivity contribution is 7.91. The van der Waals surface area contributed by atoms with Crippen LogP contribution in [0.5, 0.6) is 0 Å². The molecule has 1 unspecified atom stereocenters. The van der Waals surface area contributed by atoms with E-state index in [0.717, 1.165) is 4.90 Å². The summed E-state index contributed by atoms with van der Waals surface area (Å²) in [6, 6.07) is 9.03. The summed E-state index contributed by atoms with van der Waals surface area (Å²) in [5.74, 6) is -1.62. The predicted octanol–water partition coefficient (Wildman–Crippen LogP) is 1.21. The van der Waals surface area contributed by atoms with E-state index in [1.165, 1.54) is 24.5 Å². The third kappa shape index (κ3) is 4.32. The largest absolute Gasteiger partial charge is 0.468 e. The average Bonchev–Trinajstić information content (AvgIpc) is 3.20. The lowest BCUT2D eigenvalue weighted by atomic mass is 10.2. The monoisotopic (exact) mass is 420 g/mol. The summed E-state index contributed by atoms with van der Waals surface area (Å²) >= 11 is 0. The Bertz CT molecular complexity index is 1010. The standard InChI is InChI=1S/C19H20N2O7S/c1-2-27-19(24)11-20-17(22)12-21-13-6-3-4-8-15(13)29(25,26)16(10-18(21)23)14-7-5-9-28-14/h3-9,16H,2,10-12H2,1H3,(H,20,22). The lowest BCUT2D eigenvalue weighted by molar-refractivity contribution is -0.143. The fourth-order valence-electron chi connectivity index (χ4n) is 3.07. The molecule has 0 spiro atoms. The predicted molar refractivity (Wildman–Crippen MR) is 102 cm³/mol. The Morgan fingerprint density at radius 2 is 2.00 bits per heavy atom. The molecule has 0 fully saturated rings. The van der Waals surface area contributed by atoms with Gasteiger partial charge in [-0.25, -0.2) is 8.42 Å². The van der Waals surface area contributed by atoms with Crippen LogP contribution in [-0.2, 0) is 29.0 Å². The molecule has 0 saturated heterocycles. The van der Waals surface area contributed by atoms with Crippen molar-refractivity contribution in [3.63, 3.8) is 0 Å². The fraction of sp³-hybridized carbons (Fsp3) is 0.316. The highest BCUT2D eigenvalue weighted by atomic mass is 32.2. The Balaban J connectivity index is 1.90. The van der Waals surface area contributed by atoms with E-state index >= 15 is 0 Å². The van der Waals surface area contributed by atoms with Crippen molar-refractivity contribution in [2.45, 2.75) is 23.5 Å². The molecule has 1 N–H and O–H groups in total. The lowest BCUT2D eigenvalue weighted by Crippen LogP contribution is -2.42. The fourth-order valence-corrected chi connectivity index (χ4v) is 4.92. The molecule has 9 nitrogen and oxygen atoms in total. The average molecular weight is 420 g/mol. The number of furan rings is 1. The first kappa shape index (κ1) is 20.6. The number of ether oxygens (including phenoxy) is 1. The van der Waals surface area contributed by atoms with Crippen molar-refractivity contribution in [2.75, 3.05) is 24.6 Å². The molecule has 10 heteroatoms. The molecule has 154 valence electrons. The van der Waals surface area contributed by atoms with Gasteiger partial charge in [0.2, 0.25) is 11.8 Å². The second-order valence-electron chi connectivity index (χ2n) is 6.28. The maximum Gasteiger partial charge on any atom is 0.325 e. The van der Waals surface area contributed by atoms with E-state index < -0.39 is 39.4 Å². The van der Waals surface area contributed by atoms with Crippen LogP contribution in [0.4, 0.5) is 5.69 Å². The summed E-state index contributed by atoms with van der Waals surface area (Å²) in [7, 11) is -3.94. The van der Waals surface area contributed by atoms with Crippen LogP contribution >= 0.6 is 0 Å². The van der Waals surface area contributed by atoms with Gasteiger partial charge >= 0.3 is 5.97 Å². The van der Waals surface area contributed by atoms with E-state index in [0.29, 0.717) is 0 Å². The summed E-state index contributed by atoms with van der Waals surface area (Å²) in [4.78, 5) is 37.6. The normalized spacial score (nSPS) is 17.9. The highest BCUT2D eigenvalue weighted by Gasteiger charge is 2.41. The van der Waals surface area contributed by atoms with Gasteiger partial charge in [-0.05, 0) is 31.2 Å². The third-order valence-electron chi connectivity index (χ3n) is 4.40. The van der Waals surface area contributed by atoms with Crippen molar-refractivity contribution in [1.82, 2.24) is 5.32 Å². The molecular formula is C19H20N2O7S. The number of para-hydroxylation sites is 1. The first-order valence-electron chi connectivity index (χ1n) is 8.93. The first-order valence-corrected chi connectivity index (χ1v) is 10.5. The zero-order valence-corrected chi connectivity index (χ0v) is 16.5. The number of benzene rings is 1. The van der Waals surface area contributed by atoms with Crippen molar-refractivity contribution >= 4 is 33.3 Å². The van der Waals surface area contributed by atoms with Crippen molar-refractivity contribution in [3.05, 3.63) is 48.4 Å². The molecule has 29 heavy (non-hydrogen) atoms. The number of nitrogens with zero attached hydrogens (tertiary/aromatic N) is 1. The molecule has 1 aliphatic rings. The Kier molecular flexibility index (Phi) is 6.02. The Morgan fingerprint density at radius 3 is 2.69 bits per heavy atom. The zero-order chi connectivity index (χ0) is 21.0. The van der Waals surface area contributed by atoms with Crippen molar-refractivity contribution < 1.29 is 32.0 Å². The summed E-state index contributed by atoms with van der Waals surface area (Å²) in [6.07, 6.45) is 0.961. The first-order chi connectivity index (χ1) is 13.8. The SMILES string of the molecule is CCOC(=O)CNC(=O)CN1C(=O)CC(c2ccco2)S(=O)(=O)c2ccccc21. The minimum Gasteiger partial charge on any atom is -0.468 e. The molecule has 2 amide bonds. The van der Waals surface area contributed by atoms with Crippen molar-refractivity contribution in [3.8, 4) is 0 Å². The number of hydrogen-bond acceptors (Lipinski definition) is 7. The summed E-state index contributed by atoms with van der Waals surface area (Å²) in [6.45, 7) is 1.04. The number of carbonyl (C=O) groups is 3. The number of hydrogen-bond donors (Lipinski definition) is 1. The minimum atomic E-state index is -3.94. The molecule has 2 heterocycles. The smallest absolute Gasteiger partial charge is 0.325 e. The maximum absolute atomic E-state index is 13.2. The molecular weight excluding hydrogens is 400 g/mol. The number of esters is 1. The van der Waals surface area contributed by atoms with Gasteiger partial charge in [0.15, 0.2) is 9.84 Å². The highest BCUT2D eigenvalue weighted by Crippen LogP contribution is 2.40. The topological polar surface area (TPSA) is 123 Å². The molecule has 0 radical (unpaired) electrons. The van der Waals surface area contributed by atoms with Crippen molar-refractivity contribution in [1.29, 1.82) is 0 Å². The number of fused-ring (bicyclic) bond motifs is 1. The number of carbonyl (C=O) groups excluding carboxylic acids is 3. The third-order valence-corrected chi connectivity index (χ3v) is 6.50. The van der Waals surface area contributed by atoms with Gasteiger partial charge in [-0.3, -0.25) is 14.4 Å². The van der Waals surface area contributed by atoms with Crippen LogP contribution in [0.15, 0.2) is 52.0 Å². The molecule has 1 aliphatic heterocycles. The van der Waals surface area contributed by atoms with Crippen molar-refractivity contribution in [2.24, 2.45) is 0 Å². The number of sulfone groups is 1. The number of anilines is 1. The van der Waals surface area contributed by atoms with Crippen LogP contribution in [0.1, 0.15) is 24.4 Å². The van der Waals surface area contributed by atoms with Gasteiger partial charge in [-0.2, -0.15) is 0 Å². The van der Waals surface area contributed by atoms with Crippen LogP contribution in [0.3, 0.4) is 0 Å². The maximum atomic E-state index is 13.2. The molecule has 3 rings (SSSR count). The van der Waals surface area contributed by atoms with Gasteiger partial charge < -0.3 is 19.4 Å². The Hall–Kier alpha value is -3.14. The van der Waals surface area contributed by atoms with Crippen LogP contribution in [0, 0.1) is 0 Å². The number of rotatable bonds is 6. The van der Waals surface area contributed by atoms with E-state index in [9.17, 15) is 22.8 Å². The van der Waals surface area contributed by atoms with Crippen LogP contribution in [0.2, 0.25) is 0 Å². The van der Waals surface area contributed by atoms with Gasteiger partial charge in [-0.1, -0.05) is 12.1 Å². The van der Waals surface area contributed by atoms with Gasteiger partial charge in [-0.15, -0.1) is 0 Å². The molecule has 1 aromatic carbocycles. The Labute approximate surface area is 167 Å².